The predicted octanol–water partition coefficient (Wildman–Crippen LogP) is 4.12. The van der Waals surface area contributed by atoms with Gasteiger partial charge in [-0.3, -0.25) is 0 Å². The van der Waals surface area contributed by atoms with Crippen molar-refractivity contribution in [3.8, 4) is 11.5 Å². The molecule has 1 unspecified atom stereocenters. The van der Waals surface area contributed by atoms with E-state index in [1.165, 1.54) is 7.11 Å². The Labute approximate surface area is 180 Å². The number of methoxy groups -OCH3 is 1. The molecule has 158 valence electrons. The molecule has 2 N–H and O–H groups in total. The van der Waals surface area contributed by atoms with Gasteiger partial charge in [-0.2, -0.15) is 0 Å². The summed E-state index contributed by atoms with van der Waals surface area (Å²) >= 11 is 6.06. The van der Waals surface area contributed by atoms with Crippen LogP contribution in [-0.2, 0) is 16.1 Å². The van der Waals surface area contributed by atoms with Gasteiger partial charge in [0.25, 0.3) is 0 Å². The summed E-state index contributed by atoms with van der Waals surface area (Å²) in [5, 5.41) is 6.01. The second kappa shape index (κ2) is 9.54. The summed E-state index contributed by atoms with van der Waals surface area (Å²) in [6.07, 6.45) is 0. The molecule has 0 aliphatic carbocycles. The molecule has 30 heavy (non-hydrogen) atoms. The molecule has 0 saturated heterocycles. The van der Waals surface area contributed by atoms with Crippen LogP contribution in [-0.4, -0.2) is 25.7 Å². The summed E-state index contributed by atoms with van der Waals surface area (Å²) in [5.41, 5.74) is 2.17. The molecule has 3 rings (SSSR count). The topological polar surface area (TPSA) is 85.9 Å². The number of carbonyl (C=O) groups excluding carboxylic acids is 2. The van der Waals surface area contributed by atoms with Crippen LogP contribution in [0.25, 0.3) is 0 Å². The van der Waals surface area contributed by atoms with Gasteiger partial charge in [-0.25, -0.2) is 9.59 Å². The van der Waals surface area contributed by atoms with E-state index in [9.17, 15) is 9.59 Å². The van der Waals surface area contributed by atoms with Crippen LogP contribution in [0.1, 0.15) is 31.0 Å². The Morgan fingerprint density at radius 2 is 1.97 bits per heavy atom. The molecule has 0 fully saturated rings. The Kier molecular flexibility index (Phi) is 6.84. The second-order valence-corrected chi connectivity index (χ2v) is 7.02. The number of carbonyl (C=O) groups is 2. The van der Waals surface area contributed by atoms with Gasteiger partial charge in [-0.05, 0) is 37.6 Å². The van der Waals surface area contributed by atoms with Gasteiger partial charge in [0.15, 0.2) is 11.5 Å². The van der Waals surface area contributed by atoms with Crippen molar-refractivity contribution in [2.24, 2.45) is 0 Å². The number of esters is 1. The number of rotatable bonds is 7. The van der Waals surface area contributed by atoms with Gasteiger partial charge in [0.1, 0.15) is 6.61 Å². The van der Waals surface area contributed by atoms with Gasteiger partial charge in [-0.15, -0.1) is 0 Å². The van der Waals surface area contributed by atoms with Crippen molar-refractivity contribution in [1.29, 1.82) is 0 Å². The number of para-hydroxylation sites is 1. The number of amides is 2. The summed E-state index contributed by atoms with van der Waals surface area (Å²) in [6, 6.07) is 11.4. The van der Waals surface area contributed by atoms with Gasteiger partial charge in [-0.1, -0.05) is 35.9 Å². The molecule has 8 heteroatoms. The van der Waals surface area contributed by atoms with Crippen LogP contribution in [0, 0.1) is 0 Å². The first-order valence-corrected chi connectivity index (χ1v) is 9.82. The SMILES string of the molecule is CCOC(=O)C1=C(C)NC(=O)NC1c1cccc(OC)c1OCc1cccc(Cl)c1. The Hall–Kier alpha value is -3.19. The van der Waals surface area contributed by atoms with Gasteiger partial charge >= 0.3 is 12.0 Å². The highest BCUT2D eigenvalue weighted by Crippen LogP contribution is 2.39. The van der Waals surface area contributed by atoms with Crippen molar-refractivity contribution in [3.63, 3.8) is 0 Å². The normalized spacial score (nSPS) is 15.9. The van der Waals surface area contributed by atoms with Crippen LogP contribution in [0.5, 0.6) is 11.5 Å². The lowest BCUT2D eigenvalue weighted by molar-refractivity contribution is -0.139. The van der Waals surface area contributed by atoms with Crippen molar-refractivity contribution in [1.82, 2.24) is 10.6 Å². The summed E-state index contributed by atoms with van der Waals surface area (Å²) in [7, 11) is 1.53. The summed E-state index contributed by atoms with van der Waals surface area (Å²) in [6.45, 7) is 3.82. The molecule has 1 heterocycles. The molecule has 7 nitrogen and oxygen atoms in total. The van der Waals surface area contributed by atoms with E-state index in [0.29, 0.717) is 33.4 Å². The van der Waals surface area contributed by atoms with E-state index in [2.05, 4.69) is 10.6 Å². The number of allylic oxidation sites excluding steroid dienone is 1. The maximum atomic E-state index is 12.6. The molecule has 1 aliphatic heterocycles. The van der Waals surface area contributed by atoms with Gasteiger partial charge in [0, 0.05) is 16.3 Å². The van der Waals surface area contributed by atoms with Crippen molar-refractivity contribution in [2.45, 2.75) is 26.5 Å². The zero-order valence-corrected chi connectivity index (χ0v) is 17.7. The first kappa shape index (κ1) is 21.5. The average Bonchev–Trinajstić information content (AvgIpc) is 2.71. The third-order valence-corrected chi connectivity index (χ3v) is 4.81. The van der Waals surface area contributed by atoms with Crippen LogP contribution < -0.4 is 20.1 Å². The lowest BCUT2D eigenvalue weighted by Gasteiger charge is -2.29. The zero-order valence-electron chi connectivity index (χ0n) is 17.0. The van der Waals surface area contributed by atoms with E-state index in [1.54, 1.807) is 44.2 Å². The van der Waals surface area contributed by atoms with Crippen molar-refractivity contribution >= 4 is 23.6 Å². The van der Waals surface area contributed by atoms with E-state index in [1.807, 2.05) is 12.1 Å². The molecule has 1 atom stereocenters. The second-order valence-electron chi connectivity index (χ2n) is 6.59. The third kappa shape index (κ3) is 4.68. The van der Waals surface area contributed by atoms with E-state index in [0.717, 1.165) is 5.56 Å². The van der Waals surface area contributed by atoms with Gasteiger partial charge in [0.05, 0.1) is 25.3 Å². The molecule has 0 radical (unpaired) electrons. The van der Waals surface area contributed by atoms with E-state index < -0.39 is 18.0 Å². The molecule has 2 amide bonds. The number of ether oxygens (including phenoxy) is 3. The highest BCUT2D eigenvalue weighted by atomic mass is 35.5. The number of benzene rings is 2. The van der Waals surface area contributed by atoms with Crippen LogP contribution in [0.3, 0.4) is 0 Å². The highest BCUT2D eigenvalue weighted by molar-refractivity contribution is 6.30. The lowest BCUT2D eigenvalue weighted by Crippen LogP contribution is -2.45. The lowest BCUT2D eigenvalue weighted by atomic mass is 9.94. The van der Waals surface area contributed by atoms with Crippen LogP contribution in [0.2, 0.25) is 5.02 Å². The third-order valence-electron chi connectivity index (χ3n) is 4.58. The Morgan fingerprint density at radius 3 is 2.67 bits per heavy atom. The maximum Gasteiger partial charge on any atom is 0.338 e. The van der Waals surface area contributed by atoms with E-state index in [-0.39, 0.29) is 13.2 Å². The molecule has 0 aromatic heterocycles. The number of halogens is 1. The Morgan fingerprint density at radius 1 is 1.20 bits per heavy atom. The summed E-state index contributed by atoms with van der Waals surface area (Å²) in [4.78, 5) is 24.8. The van der Waals surface area contributed by atoms with Crippen molar-refractivity contribution in [3.05, 3.63) is 69.9 Å². The number of nitrogens with one attached hydrogen (secondary N) is 2. The van der Waals surface area contributed by atoms with Crippen LogP contribution >= 0.6 is 11.6 Å². The fourth-order valence-electron chi connectivity index (χ4n) is 3.26. The van der Waals surface area contributed by atoms with E-state index in [4.69, 9.17) is 25.8 Å². The fraction of sp³-hybridized carbons (Fsp3) is 0.273. The van der Waals surface area contributed by atoms with Gasteiger partial charge < -0.3 is 24.8 Å². The molecule has 0 bridgehead atoms. The van der Waals surface area contributed by atoms with Crippen molar-refractivity contribution in [2.75, 3.05) is 13.7 Å². The molecular weight excluding hydrogens is 408 g/mol. The molecule has 0 saturated carbocycles. The first-order valence-electron chi connectivity index (χ1n) is 9.44. The molecule has 2 aromatic carbocycles. The molecular formula is C22H23ClN2O5. The zero-order chi connectivity index (χ0) is 21.7. The number of hydrogen-bond donors (Lipinski definition) is 2. The average molecular weight is 431 g/mol. The van der Waals surface area contributed by atoms with Crippen molar-refractivity contribution < 1.29 is 23.8 Å². The minimum atomic E-state index is -0.762. The predicted molar refractivity (Wildman–Crippen MR) is 113 cm³/mol. The molecule has 2 aromatic rings. The molecule has 0 spiro atoms. The fourth-order valence-corrected chi connectivity index (χ4v) is 3.48. The molecule has 1 aliphatic rings. The maximum absolute atomic E-state index is 12.6. The number of urea groups is 1. The largest absolute Gasteiger partial charge is 0.493 e. The smallest absolute Gasteiger partial charge is 0.338 e. The highest BCUT2D eigenvalue weighted by Gasteiger charge is 2.34. The first-order chi connectivity index (χ1) is 14.4. The number of hydrogen-bond acceptors (Lipinski definition) is 5. The monoisotopic (exact) mass is 430 g/mol. The standard InChI is InChI=1S/C22H23ClN2O5/c1-4-29-21(26)18-13(2)24-22(27)25-19(18)16-9-6-10-17(28-3)20(16)30-12-14-7-5-8-15(23)11-14/h5-11,19H,4,12H2,1-3H3,(H2,24,25,27). The van der Waals surface area contributed by atoms with Crippen LogP contribution in [0.4, 0.5) is 4.79 Å². The quantitative estimate of drug-likeness (QED) is 0.645. The van der Waals surface area contributed by atoms with Gasteiger partial charge in [0.2, 0.25) is 0 Å². The minimum Gasteiger partial charge on any atom is -0.493 e. The Bertz CT molecular complexity index is 989. The summed E-state index contributed by atoms with van der Waals surface area (Å²) in [5.74, 6) is 0.376. The van der Waals surface area contributed by atoms with Crippen LogP contribution in [0.15, 0.2) is 53.7 Å². The van der Waals surface area contributed by atoms with E-state index >= 15 is 0 Å². The minimum absolute atomic E-state index is 0.215. The Balaban J connectivity index is 2.02. The summed E-state index contributed by atoms with van der Waals surface area (Å²) < 4.78 is 16.8.